The Bertz CT molecular complexity index is 977. The molecule has 0 N–H and O–H groups in total. The fourth-order valence-electron chi connectivity index (χ4n) is 3.15. The number of carbonyl (C=O) groups excluding carboxylic acids is 1. The van der Waals surface area contributed by atoms with Gasteiger partial charge in [-0.3, -0.25) is 4.79 Å². The van der Waals surface area contributed by atoms with Crippen molar-refractivity contribution < 1.29 is 14.3 Å². The number of nitrogens with zero attached hydrogens (tertiary/aromatic N) is 4. The van der Waals surface area contributed by atoms with E-state index >= 15 is 0 Å². The minimum Gasteiger partial charge on any atom is -0.493 e. The summed E-state index contributed by atoms with van der Waals surface area (Å²) in [5.41, 5.74) is 2.13. The zero-order valence-corrected chi connectivity index (χ0v) is 16.4. The van der Waals surface area contributed by atoms with Crippen molar-refractivity contribution in [2.24, 2.45) is 0 Å². The van der Waals surface area contributed by atoms with Crippen molar-refractivity contribution in [3.8, 4) is 17.2 Å². The van der Waals surface area contributed by atoms with Gasteiger partial charge in [0.25, 0.3) is 5.91 Å². The molecule has 1 amide bonds. The molecular weight excluding hydrogens is 376 g/mol. The van der Waals surface area contributed by atoms with Crippen LogP contribution in [0.25, 0.3) is 5.69 Å². The Hall–Kier alpha value is -3.00. The summed E-state index contributed by atoms with van der Waals surface area (Å²) in [6, 6.07) is 15.3. The second kappa shape index (κ2) is 7.93. The van der Waals surface area contributed by atoms with Gasteiger partial charge in [0.15, 0.2) is 17.2 Å². The van der Waals surface area contributed by atoms with E-state index in [-0.39, 0.29) is 11.3 Å². The monoisotopic (exact) mass is 396 g/mol. The third-order valence-electron chi connectivity index (χ3n) is 4.54. The van der Waals surface area contributed by atoms with Crippen molar-refractivity contribution in [1.82, 2.24) is 19.9 Å². The highest BCUT2D eigenvalue weighted by Crippen LogP contribution is 2.41. The normalized spacial score (nSPS) is 16.2. The van der Waals surface area contributed by atoms with Crippen molar-refractivity contribution in [1.29, 1.82) is 0 Å². The number of aromatic nitrogens is 3. The predicted octanol–water partition coefficient (Wildman–Crippen LogP) is 3.17. The number of thioether (sulfide) groups is 1. The van der Waals surface area contributed by atoms with Gasteiger partial charge in [-0.25, -0.2) is 0 Å². The third-order valence-corrected chi connectivity index (χ3v) is 5.80. The maximum atomic E-state index is 13.1. The van der Waals surface area contributed by atoms with Gasteiger partial charge < -0.3 is 14.4 Å². The summed E-state index contributed by atoms with van der Waals surface area (Å²) in [5, 5.41) is 8.51. The van der Waals surface area contributed by atoms with E-state index < -0.39 is 0 Å². The largest absolute Gasteiger partial charge is 0.493 e. The minimum absolute atomic E-state index is 0.103. The molecule has 7 nitrogen and oxygen atoms in total. The van der Waals surface area contributed by atoms with Gasteiger partial charge in [0, 0.05) is 12.3 Å². The Morgan fingerprint density at radius 3 is 2.64 bits per heavy atom. The van der Waals surface area contributed by atoms with Gasteiger partial charge in [-0.1, -0.05) is 24.3 Å². The van der Waals surface area contributed by atoms with Crippen molar-refractivity contribution in [2.75, 3.05) is 26.5 Å². The zero-order chi connectivity index (χ0) is 19.5. The molecule has 3 aromatic rings. The van der Waals surface area contributed by atoms with Crippen LogP contribution < -0.4 is 9.47 Å². The lowest BCUT2D eigenvalue weighted by atomic mass is 10.1. The van der Waals surface area contributed by atoms with Crippen molar-refractivity contribution >= 4 is 17.7 Å². The quantitative estimate of drug-likeness (QED) is 0.660. The summed E-state index contributed by atoms with van der Waals surface area (Å²) in [5.74, 6) is 2.04. The van der Waals surface area contributed by atoms with Crippen LogP contribution in [0.15, 0.2) is 54.7 Å². The first kappa shape index (κ1) is 18.4. The Kier molecular flexibility index (Phi) is 5.21. The highest BCUT2D eigenvalue weighted by atomic mass is 32.2. The van der Waals surface area contributed by atoms with Crippen LogP contribution in [0.4, 0.5) is 0 Å². The highest BCUT2D eigenvalue weighted by Gasteiger charge is 2.33. The van der Waals surface area contributed by atoms with Gasteiger partial charge in [0.2, 0.25) is 0 Å². The number of ether oxygens (including phenoxy) is 2. The molecule has 0 spiro atoms. The molecule has 0 saturated carbocycles. The van der Waals surface area contributed by atoms with E-state index in [2.05, 4.69) is 10.2 Å². The molecule has 2 aromatic carbocycles. The topological polar surface area (TPSA) is 69.5 Å². The molecule has 0 radical (unpaired) electrons. The molecule has 1 saturated heterocycles. The van der Waals surface area contributed by atoms with E-state index in [9.17, 15) is 4.79 Å². The second-order valence-electron chi connectivity index (χ2n) is 6.19. The number of benzene rings is 2. The molecule has 8 heteroatoms. The summed E-state index contributed by atoms with van der Waals surface area (Å²) >= 11 is 1.72. The van der Waals surface area contributed by atoms with Crippen LogP contribution in [0.2, 0.25) is 0 Å². The molecule has 1 atom stereocenters. The lowest BCUT2D eigenvalue weighted by molar-refractivity contribution is 0.0753. The number of methoxy groups -OCH3 is 2. The van der Waals surface area contributed by atoms with E-state index in [1.165, 1.54) is 11.0 Å². The second-order valence-corrected chi connectivity index (χ2v) is 7.38. The molecular formula is C20H20N4O3S. The first-order valence-electron chi connectivity index (χ1n) is 8.83. The number of hydrogen-bond acceptors (Lipinski definition) is 6. The summed E-state index contributed by atoms with van der Waals surface area (Å²) in [4.78, 5) is 16.4. The Morgan fingerprint density at radius 2 is 1.89 bits per heavy atom. The van der Waals surface area contributed by atoms with Crippen LogP contribution in [-0.2, 0) is 0 Å². The van der Waals surface area contributed by atoms with E-state index in [0.717, 1.165) is 17.0 Å². The van der Waals surface area contributed by atoms with E-state index in [0.29, 0.717) is 23.7 Å². The standard InChI is InChI=1S/C20H20N4O3S/c1-26-17-9-8-14(12-18(17)27-2)20-23(10-11-28-20)19(25)16-13-21-24(22-16)15-6-4-3-5-7-15/h3-9,12-13,20H,10-11H2,1-2H3. The van der Waals surface area contributed by atoms with Crippen LogP contribution in [0.3, 0.4) is 0 Å². The smallest absolute Gasteiger partial charge is 0.277 e. The van der Waals surface area contributed by atoms with Crippen molar-refractivity contribution in [3.63, 3.8) is 0 Å². The van der Waals surface area contributed by atoms with Crippen LogP contribution in [0.1, 0.15) is 21.4 Å². The van der Waals surface area contributed by atoms with Crippen LogP contribution in [0, 0.1) is 0 Å². The molecule has 2 heterocycles. The third kappa shape index (κ3) is 3.43. The van der Waals surface area contributed by atoms with Crippen LogP contribution >= 0.6 is 11.8 Å². The van der Waals surface area contributed by atoms with Gasteiger partial charge in [-0.05, 0) is 29.8 Å². The molecule has 1 aromatic heterocycles. The number of rotatable bonds is 5. The maximum absolute atomic E-state index is 13.1. The first-order chi connectivity index (χ1) is 13.7. The summed E-state index contributed by atoms with van der Waals surface area (Å²) < 4.78 is 10.7. The van der Waals surface area contributed by atoms with Crippen LogP contribution in [0.5, 0.6) is 11.5 Å². The lowest BCUT2D eigenvalue weighted by Gasteiger charge is -2.23. The summed E-state index contributed by atoms with van der Waals surface area (Å²) in [6.45, 7) is 0.653. The SMILES string of the molecule is COc1ccc(C2SCCN2C(=O)c2cnn(-c3ccccc3)n2)cc1OC. The van der Waals surface area contributed by atoms with E-state index in [1.807, 2.05) is 53.4 Å². The van der Waals surface area contributed by atoms with Gasteiger partial charge in [0.05, 0.1) is 26.1 Å². The van der Waals surface area contributed by atoms with Gasteiger partial charge in [0.1, 0.15) is 5.37 Å². The molecule has 0 aliphatic carbocycles. The number of para-hydroxylation sites is 1. The molecule has 4 rings (SSSR count). The summed E-state index contributed by atoms with van der Waals surface area (Å²) in [6.07, 6.45) is 1.52. The van der Waals surface area contributed by atoms with Gasteiger partial charge in [-0.15, -0.1) is 16.9 Å². The molecule has 1 unspecified atom stereocenters. The van der Waals surface area contributed by atoms with Crippen molar-refractivity contribution in [3.05, 3.63) is 66.0 Å². The Labute approximate surface area is 167 Å². The first-order valence-corrected chi connectivity index (χ1v) is 9.88. The minimum atomic E-state index is -0.132. The van der Waals surface area contributed by atoms with Crippen LogP contribution in [-0.4, -0.2) is 52.3 Å². The molecule has 1 aliphatic rings. The molecule has 1 fully saturated rings. The fraction of sp³-hybridized carbons (Fsp3) is 0.250. The number of amides is 1. The Morgan fingerprint density at radius 1 is 1.11 bits per heavy atom. The highest BCUT2D eigenvalue weighted by molar-refractivity contribution is 7.99. The molecule has 1 aliphatic heterocycles. The van der Waals surface area contributed by atoms with Gasteiger partial charge >= 0.3 is 0 Å². The maximum Gasteiger partial charge on any atom is 0.277 e. The zero-order valence-electron chi connectivity index (χ0n) is 15.6. The van der Waals surface area contributed by atoms with E-state index in [1.54, 1.807) is 26.0 Å². The average molecular weight is 396 g/mol. The predicted molar refractivity (Wildman–Crippen MR) is 107 cm³/mol. The van der Waals surface area contributed by atoms with E-state index in [4.69, 9.17) is 9.47 Å². The summed E-state index contributed by atoms with van der Waals surface area (Å²) in [7, 11) is 3.21. The molecule has 28 heavy (non-hydrogen) atoms. The fourth-order valence-corrected chi connectivity index (χ4v) is 4.40. The molecule has 144 valence electrons. The average Bonchev–Trinajstić information content (AvgIpc) is 3.43. The Balaban J connectivity index is 1.58. The van der Waals surface area contributed by atoms with Crippen molar-refractivity contribution in [2.45, 2.75) is 5.37 Å². The molecule has 0 bridgehead atoms. The number of carbonyl (C=O) groups is 1. The number of hydrogen-bond donors (Lipinski definition) is 0. The van der Waals surface area contributed by atoms with Gasteiger partial charge in [-0.2, -0.15) is 9.90 Å². The lowest BCUT2D eigenvalue weighted by Crippen LogP contribution is -2.30.